The molecule has 21 heavy (non-hydrogen) atoms. The molecule has 4 N–H and O–H groups in total. The minimum Gasteiger partial charge on any atom is -0.395 e. The molecule has 116 valence electrons. The van der Waals surface area contributed by atoms with E-state index >= 15 is 0 Å². The van der Waals surface area contributed by atoms with Crippen molar-refractivity contribution in [3.8, 4) is 0 Å². The van der Waals surface area contributed by atoms with Crippen molar-refractivity contribution in [2.45, 2.75) is 19.9 Å². The Bertz CT molecular complexity index is 556. The van der Waals surface area contributed by atoms with Crippen molar-refractivity contribution < 1.29 is 4.79 Å². The van der Waals surface area contributed by atoms with Gasteiger partial charge in [0.1, 0.15) is 0 Å². The van der Waals surface area contributed by atoms with Crippen LogP contribution in [0.4, 0.5) is 10.5 Å². The number of H-pyrrole nitrogens is 1. The number of aromatic amines is 1. The third-order valence-corrected chi connectivity index (χ3v) is 4.10. The molecule has 8 heteroatoms. The van der Waals surface area contributed by atoms with Crippen molar-refractivity contribution in [1.29, 1.82) is 0 Å². The molecule has 1 aromatic heterocycles. The second-order valence-corrected chi connectivity index (χ2v) is 5.29. The number of piperazine rings is 1. The first-order valence-electron chi connectivity index (χ1n) is 7.19. The zero-order chi connectivity index (χ0) is 15.4. The minimum atomic E-state index is -0.156. The number of carbonyl (C=O) groups excluding carboxylic acids is 1. The molecule has 0 saturated carbocycles. The first-order chi connectivity index (χ1) is 10.1. The minimum absolute atomic E-state index is 0.0297. The number of hydrogen-bond acceptors (Lipinski definition) is 5. The molecule has 1 aromatic rings. The van der Waals surface area contributed by atoms with Crippen molar-refractivity contribution in [2.24, 2.45) is 0 Å². The highest BCUT2D eigenvalue weighted by Gasteiger charge is 2.31. The molecule has 0 aliphatic carbocycles. The van der Waals surface area contributed by atoms with Gasteiger partial charge in [-0.3, -0.25) is 0 Å². The maximum atomic E-state index is 12.7. The van der Waals surface area contributed by atoms with E-state index in [1.54, 1.807) is 0 Å². The summed E-state index contributed by atoms with van der Waals surface area (Å²) >= 11 is 5.12. The second-order valence-electron chi connectivity index (χ2n) is 4.90. The maximum Gasteiger partial charge on any atom is 0.320 e. The molecule has 2 heterocycles. The molecule has 0 aromatic carbocycles. The fourth-order valence-corrected chi connectivity index (χ4v) is 2.73. The molecule has 1 aliphatic heterocycles. The highest BCUT2D eigenvalue weighted by Crippen LogP contribution is 2.26. The lowest BCUT2D eigenvalue weighted by molar-refractivity contribution is 0.123. The number of carbonyl (C=O) groups is 1. The van der Waals surface area contributed by atoms with Gasteiger partial charge in [0, 0.05) is 32.7 Å². The van der Waals surface area contributed by atoms with Gasteiger partial charge in [-0.05, 0) is 13.8 Å². The van der Waals surface area contributed by atoms with E-state index in [1.165, 1.54) is 6.33 Å². The Morgan fingerprint density at radius 2 is 2.29 bits per heavy atom. The van der Waals surface area contributed by atoms with Gasteiger partial charge >= 0.3 is 6.03 Å². The maximum absolute atomic E-state index is 12.7. The number of anilines is 1. The zero-order valence-electron chi connectivity index (χ0n) is 12.4. The summed E-state index contributed by atoms with van der Waals surface area (Å²) in [5.74, 6) is 0. The molecule has 1 aliphatic rings. The Balaban J connectivity index is 2.33. The molecule has 0 spiro atoms. The molecule has 2 rings (SSSR count). The Morgan fingerprint density at radius 3 is 2.95 bits per heavy atom. The van der Waals surface area contributed by atoms with Crippen LogP contribution in [0.2, 0.25) is 0 Å². The highest BCUT2D eigenvalue weighted by atomic mass is 32.1. The summed E-state index contributed by atoms with van der Waals surface area (Å²) < 4.78 is 0.365. The Morgan fingerprint density at radius 1 is 1.57 bits per heavy atom. The monoisotopic (exact) mass is 310 g/mol. The van der Waals surface area contributed by atoms with E-state index in [0.717, 1.165) is 12.2 Å². The number of nitrogen functional groups attached to an aromatic ring is 1. The molecule has 7 nitrogen and oxygen atoms in total. The first-order valence-corrected chi connectivity index (χ1v) is 7.60. The first kappa shape index (κ1) is 15.7. The van der Waals surface area contributed by atoms with Crippen molar-refractivity contribution in [2.75, 3.05) is 38.5 Å². The molecule has 2 amide bonds. The summed E-state index contributed by atoms with van der Waals surface area (Å²) in [4.78, 5) is 23.3. The number of aromatic nitrogens is 2. The van der Waals surface area contributed by atoms with E-state index in [4.69, 9.17) is 18.0 Å². The normalized spacial score (nSPS) is 18.6. The van der Waals surface area contributed by atoms with E-state index in [1.807, 2.05) is 23.6 Å². The number of urea groups is 1. The molecular formula is C13H22N6OS. The summed E-state index contributed by atoms with van der Waals surface area (Å²) in [6.07, 6.45) is 1.53. The van der Waals surface area contributed by atoms with Gasteiger partial charge in [0.25, 0.3) is 0 Å². The smallest absolute Gasteiger partial charge is 0.320 e. The van der Waals surface area contributed by atoms with Crippen LogP contribution in [0.1, 0.15) is 25.6 Å². The summed E-state index contributed by atoms with van der Waals surface area (Å²) in [6, 6.07) is -0.126. The molecular weight excluding hydrogens is 288 g/mol. The number of hydrogen-bond donors (Lipinski definition) is 3. The fraction of sp³-hybridized carbons (Fsp3) is 0.615. The van der Waals surface area contributed by atoms with E-state index in [-0.39, 0.29) is 12.1 Å². The standard InChI is InChI=1S/C13H22N6OS/c1-3-18(4-2)13(20)19-6-5-15-7-9(19)11-10(14)12(21)17-8-16-11/h8-9,15H,3-7,14H2,1-2H3,(H,16,17,21). The van der Waals surface area contributed by atoms with Crippen LogP contribution in [0.3, 0.4) is 0 Å². The van der Waals surface area contributed by atoms with E-state index in [9.17, 15) is 4.79 Å². The van der Waals surface area contributed by atoms with Gasteiger partial charge in [-0.15, -0.1) is 0 Å². The quantitative estimate of drug-likeness (QED) is 0.728. The largest absolute Gasteiger partial charge is 0.395 e. The third-order valence-electron chi connectivity index (χ3n) is 3.78. The zero-order valence-corrected chi connectivity index (χ0v) is 13.2. The number of nitrogens with two attached hydrogens (primary N) is 1. The van der Waals surface area contributed by atoms with Crippen LogP contribution >= 0.6 is 12.2 Å². The van der Waals surface area contributed by atoms with E-state index in [2.05, 4.69) is 15.3 Å². The number of rotatable bonds is 3. The molecule has 0 radical (unpaired) electrons. The van der Waals surface area contributed by atoms with Crippen LogP contribution in [0.15, 0.2) is 6.33 Å². The van der Waals surface area contributed by atoms with Gasteiger partial charge in [0.15, 0.2) is 4.64 Å². The molecule has 1 unspecified atom stereocenters. The van der Waals surface area contributed by atoms with Crippen molar-refractivity contribution in [3.63, 3.8) is 0 Å². The Hall–Kier alpha value is -1.67. The van der Waals surface area contributed by atoms with Crippen molar-refractivity contribution >= 4 is 23.9 Å². The number of amides is 2. The third kappa shape index (κ3) is 3.16. The summed E-state index contributed by atoms with van der Waals surface area (Å²) in [5, 5.41) is 3.30. The predicted octanol–water partition coefficient (Wildman–Crippen LogP) is 1.13. The topological polar surface area (TPSA) is 90.3 Å². The lowest BCUT2D eigenvalue weighted by atomic mass is 10.1. The van der Waals surface area contributed by atoms with Crippen LogP contribution < -0.4 is 11.1 Å². The van der Waals surface area contributed by atoms with Crippen molar-refractivity contribution in [1.82, 2.24) is 25.1 Å². The van der Waals surface area contributed by atoms with Crippen LogP contribution in [0, 0.1) is 4.64 Å². The second kappa shape index (κ2) is 6.86. The van der Waals surface area contributed by atoms with Crippen LogP contribution in [0.5, 0.6) is 0 Å². The average Bonchev–Trinajstić information content (AvgIpc) is 2.51. The van der Waals surface area contributed by atoms with Gasteiger partial charge in [-0.1, -0.05) is 12.2 Å². The van der Waals surface area contributed by atoms with Gasteiger partial charge < -0.3 is 25.8 Å². The SMILES string of the molecule is CCN(CC)C(=O)N1CCNCC1c1[nH]cnc(=S)c1N. The lowest BCUT2D eigenvalue weighted by Gasteiger charge is -2.39. The molecule has 1 fully saturated rings. The van der Waals surface area contributed by atoms with E-state index in [0.29, 0.717) is 36.5 Å². The molecule has 1 atom stereocenters. The Labute approximate surface area is 129 Å². The van der Waals surface area contributed by atoms with E-state index < -0.39 is 0 Å². The van der Waals surface area contributed by atoms with Crippen LogP contribution in [-0.4, -0.2) is 58.5 Å². The van der Waals surface area contributed by atoms with Crippen LogP contribution in [0.25, 0.3) is 0 Å². The Kier molecular flexibility index (Phi) is 5.13. The van der Waals surface area contributed by atoms with Crippen LogP contribution in [-0.2, 0) is 0 Å². The van der Waals surface area contributed by atoms with Gasteiger partial charge in [-0.25, -0.2) is 9.78 Å². The van der Waals surface area contributed by atoms with Gasteiger partial charge in [0.05, 0.1) is 23.8 Å². The van der Waals surface area contributed by atoms with Crippen molar-refractivity contribution in [3.05, 3.63) is 16.7 Å². The number of nitrogens with one attached hydrogen (secondary N) is 2. The van der Waals surface area contributed by atoms with Gasteiger partial charge in [0.2, 0.25) is 0 Å². The summed E-state index contributed by atoms with van der Waals surface area (Å²) in [5.41, 5.74) is 7.24. The van der Waals surface area contributed by atoms with Gasteiger partial charge in [-0.2, -0.15) is 0 Å². The average molecular weight is 310 g/mol. The molecule has 0 bridgehead atoms. The predicted molar refractivity (Wildman–Crippen MR) is 84.5 cm³/mol. The number of nitrogens with zero attached hydrogens (tertiary/aromatic N) is 3. The molecule has 1 saturated heterocycles. The highest BCUT2D eigenvalue weighted by molar-refractivity contribution is 7.71. The summed E-state index contributed by atoms with van der Waals surface area (Å²) in [7, 11) is 0. The summed E-state index contributed by atoms with van der Waals surface area (Å²) in [6.45, 7) is 7.39. The lowest BCUT2D eigenvalue weighted by Crippen LogP contribution is -2.53. The fourth-order valence-electron chi connectivity index (χ4n) is 2.57.